The van der Waals surface area contributed by atoms with Crippen LogP contribution in [0.15, 0.2) is 0 Å². The van der Waals surface area contributed by atoms with Gasteiger partial charge in [0.25, 0.3) is 0 Å². The molecule has 1 aromatic heterocycles. The van der Waals surface area contributed by atoms with E-state index in [1.807, 2.05) is 0 Å². The maximum absolute atomic E-state index is 11.4. The van der Waals surface area contributed by atoms with E-state index in [2.05, 4.69) is 15.5 Å². The van der Waals surface area contributed by atoms with Crippen molar-refractivity contribution in [2.24, 2.45) is 5.41 Å². The Kier molecular flexibility index (Phi) is 3.19. The number of carbonyl (C=O) groups is 1. The quantitative estimate of drug-likeness (QED) is 0.821. The minimum atomic E-state index is -0.777. The Hall–Kier alpha value is -1.54. The molecule has 1 aliphatic carbocycles. The number of hydrogen-bond acceptors (Lipinski definition) is 6. The van der Waals surface area contributed by atoms with Crippen molar-refractivity contribution in [2.75, 3.05) is 19.8 Å². The van der Waals surface area contributed by atoms with E-state index >= 15 is 0 Å². The van der Waals surface area contributed by atoms with E-state index < -0.39 is 11.4 Å². The molecule has 104 valence electrons. The van der Waals surface area contributed by atoms with Crippen molar-refractivity contribution in [3.8, 4) is 0 Å². The second-order valence-electron chi connectivity index (χ2n) is 5.07. The Bertz CT molecular complexity index is 465. The lowest BCUT2D eigenvalue weighted by Gasteiger charge is -2.37. The molecule has 1 aliphatic heterocycles. The van der Waals surface area contributed by atoms with E-state index in [0.717, 1.165) is 6.42 Å². The molecule has 1 saturated heterocycles. The van der Waals surface area contributed by atoms with E-state index in [1.54, 1.807) is 4.68 Å². The van der Waals surface area contributed by atoms with Crippen molar-refractivity contribution in [3.63, 3.8) is 0 Å². The molecule has 1 N–H and O–H groups in total. The number of nitrogens with zero attached hydrogens (tertiary/aromatic N) is 4. The molecule has 19 heavy (non-hydrogen) atoms. The zero-order valence-corrected chi connectivity index (χ0v) is 10.5. The molecule has 2 aliphatic rings. The van der Waals surface area contributed by atoms with Crippen molar-refractivity contribution < 1.29 is 19.4 Å². The minimum absolute atomic E-state index is 0.296. The number of hydrogen-bond donors (Lipinski definition) is 1. The van der Waals surface area contributed by atoms with Crippen molar-refractivity contribution >= 4 is 5.97 Å². The summed E-state index contributed by atoms with van der Waals surface area (Å²) in [6.07, 6.45) is 1.97. The van der Waals surface area contributed by atoms with Crippen molar-refractivity contribution in [1.82, 2.24) is 20.2 Å². The van der Waals surface area contributed by atoms with Gasteiger partial charge in [-0.25, -0.2) is 4.68 Å². The Labute approximate surface area is 109 Å². The lowest BCUT2D eigenvalue weighted by Crippen LogP contribution is -2.42. The number of rotatable bonds is 4. The highest BCUT2D eigenvalue weighted by molar-refractivity contribution is 5.75. The monoisotopic (exact) mass is 268 g/mol. The van der Waals surface area contributed by atoms with Gasteiger partial charge in [-0.1, -0.05) is 6.42 Å². The topological polar surface area (TPSA) is 99.4 Å². The highest BCUT2D eigenvalue weighted by Crippen LogP contribution is 2.42. The van der Waals surface area contributed by atoms with Gasteiger partial charge in [0.15, 0.2) is 5.82 Å². The van der Waals surface area contributed by atoms with Crippen molar-refractivity contribution in [2.45, 2.75) is 31.9 Å². The fourth-order valence-electron chi connectivity index (χ4n) is 2.52. The van der Waals surface area contributed by atoms with Gasteiger partial charge in [0.2, 0.25) is 0 Å². The zero-order chi connectivity index (χ0) is 13.3. The first-order valence-electron chi connectivity index (χ1n) is 6.40. The number of ether oxygens (including phenoxy) is 2. The van der Waals surface area contributed by atoms with Gasteiger partial charge in [0, 0.05) is 0 Å². The summed E-state index contributed by atoms with van der Waals surface area (Å²) in [6.45, 7) is 1.77. The number of carboxylic acids is 1. The van der Waals surface area contributed by atoms with Gasteiger partial charge in [0.1, 0.15) is 6.10 Å². The number of tetrazole rings is 1. The summed E-state index contributed by atoms with van der Waals surface area (Å²) >= 11 is 0. The Morgan fingerprint density at radius 1 is 1.47 bits per heavy atom. The first kappa shape index (κ1) is 12.5. The molecule has 3 rings (SSSR count). The summed E-state index contributed by atoms with van der Waals surface area (Å²) in [4.78, 5) is 11.4. The summed E-state index contributed by atoms with van der Waals surface area (Å²) < 4.78 is 12.4. The van der Waals surface area contributed by atoms with E-state index in [0.29, 0.717) is 45.0 Å². The van der Waals surface area contributed by atoms with Crippen LogP contribution in [0.3, 0.4) is 0 Å². The zero-order valence-electron chi connectivity index (χ0n) is 10.5. The van der Waals surface area contributed by atoms with Gasteiger partial charge in [-0.2, -0.15) is 0 Å². The first-order valence-corrected chi connectivity index (χ1v) is 6.40. The molecule has 2 fully saturated rings. The van der Waals surface area contributed by atoms with E-state index in [1.165, 1.54) is 0 Å². The van der Waals surface area contributed by atoms with Crippen LogP contribution in [0.2, 0.25) is 0 Å². The molecular weight excluding hydrogens is 252 g/mol. The highest BCUT2D eigenvalue weighted by atomic mass is 16.6. The van der Waals surface area contributed by atoms with Crippen LogP contribution in [0.25, 0.3) is 0 Å². The smallest absolute Gasteiger partial charge is 0.311 e. The van der Waals surface area contributed by atoms with Gasteiger partial charge in [-0.05, 0) is 23.3 Å². The third kappa shape index (κ3) is 2.21. The molecule has 0 amide bonds. The van der Waals surface area contributed by atoms with Crippen LogP contribution >= 0.6 is 0 Å². The van der Waals surface area contributed by atoms with E-state index in [-0.39, 0.29) is 6.10 Å². The van der Waals surface area contributed by atoms with Crippen LogP contribution < -0.4 is 0 Å². The number of aromatic nitrogens is 4. The molecule has 1 unspecified atom stereocenters. The predicted molar refractivity (Wildman–Crippen MR) is 61.2 cm³/mol. The molecule has 8 heteroatoms. The lowest BCUT2D eigenvalue weighted by atomic mass is 9.69. The van der Waals surface area contributed by atoms with Crippen LogP contribution in [0.5, 0.6) is 0 Å². The second-order valence-corrected chi connectivity index (χ2v) is 5.07. The van der Waals surface area contributed by atoms with Gasteiger partial charge in [0.05, 0.1) is 31.8 Å². The van der Waals surface area contributed by atoms with Crippen LogP contribution in [-0.2, 0) is 20.8 Å². The van der Waals surface area contributed by atoms with Crippen molar-refractivity contribution in [3.05, 3.63) is 5.82 Å². The van der Waals surface area contributed by atoms with E-state index in [4.69, 9.17) is 9.47 Å². The Morgan fingerprint density at radius 2 is 2.32 bits per heavy atom. The molecule has 1 aromatic rings. The largest absolute Gasteiger partial charge is 0.481 e. The summed E-state index contributed by atoms with van der Waals surface area (Å²) in [6, 6.07) is 0. The minimum Gasteiger partial charge on any atom is -0.481 e. The summed E-state index contributed by atoms with van der Waals surface area (Å²) in [7, 11) is 0. The maximum Gasteiger partial charge on any atom is 0.311 e. The standard InChI is InChI=1S/C11H16N4O4/c16-10(17)11(2-1-3-11)7-15-9(12-13-14-15)8-6-18-4-5-19-8/h8H,1-7H2,(H,16,17). The lowest BCUT2D eigenvalue weighted by molar-refractivity contribution is -0.156. The Morgan fingerprint density at radius 3 is 2.89 bits per heavy atom. The number of carboxylic acid groups (broad SMARTS) is 1. The molecule has 0 radical (unpaired) electrons. The molecular formula is C11H16N4O4. The fourth-order valence-corrected chi connectivity index (χ4v) is 2.52. The summed E-state index contributed by atoms with van der Waals surface area (Å²) in [5.41, 5.74) is -0.723. The fraction of sp³-hybridized carbons (Fsp3) is 0.818. The third-order valence-corrected chi connectivity index (χ3v) is 3.88. The normalized spacial score (nSPS) is 25.8. The second kappa shape index (κ2) is 4.86. The SMILES string of the molecule is O=C(O)C1(Cn2nnnc2C2COCCO2)CCC1. The van der Waals surface area contributed by atoms with Crippen LogP contribution in [0.1, 0.15) is 31.2 Å². The van der Waals surface area contributed by atoms with Gasteiger partial charge in [-0.3, -0.25) is 4.79 Å². The average molecular weight is 268 g/mol. The first-order chi connectivity index (χ1) is 9.21. The molecule has 8 nitrogen and oxygen atoms in total. The summed E-state index contributed by atoms with van der Waals surface area (Å²) in [5.74, 6) is -0.228. The van der Waals surface area contributed by atoms with Gasteiger partial charge >= 0.3 is 5.97 Å². The van der Waals surface area contributed by atoms with Crippen LogP contribution in [0, 0.1) is 5.41 Å². The average Bonchev–Trinajstić information content (AvgIpc) is 2.82. The van der Waals surface area contributed by atoms with Gasteiger partial charge < -0.3 is 14.6 Å². The predicted octanol–water partition coefficient (Wildman–Crippen LogP) is 0.0159. The van der Waals surface area contributed by atoms with Crippen LogP contribution in [-0.4, -0.2) is 51.1 Å². The van der Waals surface area contributed by atoms with E-state index in [9.17, 15) is 9.90 Å². The highest BCUT2D eigenvalue weighted by Gasteiger charge is 2.45. The summed E-state index contributed by atoms with van der Waals surface area (Å²) in [5, 5.41) is 20.8. The van der Waals surface area contributed by atoms with Crippen LogP contribution in [0.4, 0.5) is 0 Å². The third-order valence-electron chi connectivity index (χ3n) is 3.88. The Balaban J connectivity index is 1.78. The van der Waals surface area contributed by atoms with Crippen molar-refractivity contribution in [1.29, 1.82) is 0 Å². The molecule has 2 heterocycles. The molecule has 0 bridgehead atoms. The molecule has 0 spiro atoms. The molecule has 1 saturated carbocycles. The molecule has 0 aromatic carbocycles. The maximum atomic E-state index is 11.4. The molecule has 1 atom stereocenters. The van der Waals surface area contributed by atoms with Gasteiger partial charge in [-0.15, -0.1) is 5.10 Å². The number of aliphatic carboxylic acids is 1.